The lowest BCUT2D eigenvalue weighted by Crippen LogP contribution is -2.14. The molecule has 1 aromatic heterocycles. The van der Waals surface area contributed by atoms with Gasteiger partial charge in [0.25, 0.3) is 5.69 Å². The minimum absolute atomic E-state index is 0.0688. The summed E-state index contributed by atoms with van der Waals surface area (Å²) in [4.78, 5) is 16.3. The van der Waals surface area contributed by atoms with Gasteiger partial charge in [-0.3, -0.25) is 10.1 Å². The molecule has 0 fully saturated rings. The number of anilines is 3. The highest BCUT2D eigenvalue weighted by Crippen LogP contribution is 2.26. The molecule has 0 spiro atoms. The number of nitrogens with one attached hydrogen (secondary N) is 1. The molecule has 0 bridgehead atoms. The maximum absolute atomic E-state index is 10.9. The van der Waals surface area contributed by atoms with E-state index in [0.29, 0.717) is 5.82 Å². The molecule has 0 aliphatic carbocycles. The second-order valence-electron chi connectivity index (χ2n) is 3.86. The molecule has 7 nitrogen and oxygen atoms in total. The molecule has 2 aromatic rings. The molecule has 0 radical (unpaired) electrons. The third-order valence-electron chi connectivity index (χ3n) is 2.64. The molecule has 0 saturated carbocycles. The topological polar surface area (TPSA) is 97.3 Å². The third kappa shape index (κ3) is 2.78. The van der Waals surface area contributed by atoms with Crippen LogP contribution < -0.4 is 16.2 Å². The lowest BCUT2D eigenvalue weighted by atomic mass is 10.3. The summed E-state index contributed by atoms with van der Waals surface area (Å²) in [5.41, 5.74) is 3.13. The van der Waals surface area contributed by atoms with Crippen LogP contribution in [0.1, 0.15) is 0 Å². The number of nitrogens with zero attached hydrogens (tertiary/aromatic N) is 3. The number of nitrogens with two attached hydrogens (primary N) is 1. The second-order valence-corrected chi connectivity index (χ2v) is 3.86. The Balaban J connectivity index is 2.44. The van der Waals surface area contributed by atoms with E-state index < -0.39 is 4.92 Å². The molecule has 2 rings (SSSR count). The number of benzene rings is 1. The van der Waals surface area contributed by atoms with Crippen molar-refractivity contribution < 1.29 is 4.92 Å². The van der Waals surface area contributed by atoms with Crippen LogP contribution in [-0.2, 0) is 0 Å². The monoisotopic (exact) mass is 259 g/mol. The van der Waals surface area contributed by atoms with Crippen LogP contribution in [0.3, 0.4) is 0 Å². The van der Waals surface area contributed by atoms with E-state index >= 15 is 0 Å². The van der Waals surface area contributed by atoms with Crippen LogP contribution in [0, 0.1) is 10.1 Å². The fourth-order valence-electron chi connectivity index (χ4n) is 1.64. The summed E-state index contributed by atoms with van der Waals surface area (Å²) in [6.45, 7) is 0. The quantitative estimate of drug-likeness (QED) is 0.495. The van der Waals surface area contributed by atoms with E-state index in [2.05, 4.69) is 10.4 Å². The summed E-state index contributed by atoms with van der Waals surface area (Å²) in [5, 5.41) is 10.9. The Morgan fingerprint density at radius 3 is 2.58 bits per heavy atom. The number of aromatic nitrogens is 1. The van der Waals surface area contributed by atoms with E-state index in [-0.39, 0.29) is 11.5 Å². The standard InChI is InChI=1S/C12H13N5O2/c1-16(9-5-3-2-4-6-9)12-8-10(17(18)19)7-11(14-12)15-13/h2-8H,13H2,1H3,(H,14,15). The van der Waals surface area contributed by atoms with Gasteiger partial charge in [0.1, 0.15) is 11.6 Å². The zero-order chi connectivity index (χ0) is 13.8. The van der Waals surface area contributed by atoms with Gasteiger partial charge in [-0.15, -0.1) is 0 Å². The summed E-state index contributed by atoms with van der Waals surface area (Å²) in [6, 6.07) is 12.1. The van der Waals surface area contributed by atoms with E-state index in [0.717, 1.165) is 5.69 Å². The SMILES string of the molecule is CN(c1ccccc1)c1cc([N+](=O)[O-])cc(NN)n1. The first-order valence-corrected chi connectivity index (χ1v) is 5.53. The van der Waals surface area contributed by atoms with Gasteiger partial charge < -0.3 is 10.3 Å². The fourth-order valence-corrected chi connectivity index (χ4v) is 1.64. The lowest BCUT2D eigenvalue weighted by molar-refractivity contribution is -0.384. The molecule has 98 valence electrons. The van der Waals surface area contributed by atoms with E-state index in [1.54, 1.807) is 11.9 Å². The van der Waals surface area contributed by atoms with Crippen LogP contribution in [0.25, 0.3) is 0 Å². The van der Waals surface area contributed by atoms with Gasteiger partial charge in [-0.25, -0.2) is 10.8 Å². The van der Waals surface area contributed by atoms with Crippen LogP contribution in [0.2, 0.25) is 0 Å². The van der Waals surface area contributed by atoms with E-state index in [1.165, 1.54) is 12.1 Å². The summed E-state index contributed by atoms with van der Waals surface area (Å²) < 4.78 is 0. The molecule has 1 aromatic carbocycles. The number of hydrazine groups is 1. The summed E-state index contributed by atoms with van der Waals surface area (Å²) in [5.74, 6) is 5.95. The highest BCUT2D eigenvalue weighted by Gasteiger charge is 2.14. The Kier molecular flexibility index (Phi) is 3.58. The number of nitro groups is 1. The Morgan fingerprint density at radius 1 is 1.32 bits per heavy atom. The predicted octanol–water partition coefficient (Wildman–Crippen LogP) is 2.04. The molecule has 0 saturated heterocycles. The predicted molar refractivity (Wildman–Crippen MR) is 73.2 cm³/mol. The molecule has 19 heavy (non-hydrogen) atoms. The van der Waals surface area contributed by atoms with Gasteiger partial charge in [0.05, 0.1) is 17.1 Å². The van der Waals surface area contributed by atoms with Gasteiger partial charge in [0.15, 0.2) is 0 Å². The summed E-state index contributed by atoms with van der Waals surface area (Å²) in [7, 11) is 1.78. The van der Waals surface area contributed by atoms with E-state index in [9.17, 15) is 10.1 Å². The van der Waals surface area contributed by atoms with Gasteiger partial charge in [-0.1, -0.05) is 18.2 Å². The van der Waals surface area contributed by atoms with Crippen molar-refractivity contribution in [2.45, 2.75) is 0 Å². The van der Waals surface area contributed by atoms with Crippen molar-refractivity contribution in [3.05, 3.63) is 52.6 Å². The van der Waals surface area contributed by atoms with Gasteiger partial charge in [0.2, 0.25) is 0 Å². The number of nitrogen functional groups attached to an aromatic ring is 1. The first kappa shape index (κ1) is 12.8. The minimum Gasteiger partial charge on any atom is -0.329 e. The fraction of sp³-hybridized carbons (Fsp3) is 0.0833. The largest absolute Gasteiger partial charge is 0.329 e. The number of hydrogen-bond donors (Lipinski definition) is 2. The van der Waals surface area contributed by atoms with Crippen LogP contribution in [-0.4, -0.2) is 17.0 Å². The van der Waals surface area contributed by atoms with Crippen LogP contribution in [0.15, 0.2) is 42.5 Å². The maximum Gasteiger partial charge on any atom is 0.276 e. The van der Waals surface area contributed by atoms with Crippen molar-refractivity contribution >= 4 is 23.0 Å². The van der Waals surface area contributed by atoms with Crippen molar-refractivity contribution in [3.63, 3.8) is 0 Å². The summed E-state index contributed by atoms with van der Waals surface area (Å²) in [6.07, 6.45) is 0. The molecular weight excluding hydrogens is 246 g/mol. The zero-order valence-corrected chi connectivity index (χ0v) is 10.3. The molecule has 0 aliphatic rings. The highest BCUT2D eigenvalue weighted by molar-refractivity contribution is 5.64. The Hall–Kier alpha value is -2.67. The lowest BCUT2D eigenvalue weighted by Gasteiger charge is -2.18. The normalized spacial score (nSPS) is 10.0. The second kappa shape index (κ2) is 5.32. The molecule has 3 N–H and O–H groups in total. The van der Waals surface area contributed by atoms with Crippen molar-refractivity contribution in [2.24, 2.45) is 5.84 Å². The first-order valence-electron chi connectivity index (χ1n) is 5.53. The smallest absolute Gasteiger partial charge is 0.276 e. The summed E-state index contributed by atoms with van der Waals surface area (Å²) >= 11 is 0. The molecule has 0 atom stereocenters. The van der Waals surface area contributed by atoms with Crippen LogP contribution >= 0.6 is 0 Å². The molecule has 0 aliphatic heterocycles. The number of pyridine rings is 1. The third-order valence-corrected chi connectivity index (χ3v) is 2.64. The Labute approximate surface area is 109 Å². The molecule has 7 heteroatoms. The Morgan fingerprint density at radius 2 is 2.00 bits per heavy atom. The average molecular weight is 259 g/mol. The van der Waals surface area contributed by atoms with Crippen molar-refractivity contribution in [2.75, 3.05) is 17.4 Å². The maximum atomic E-state index is 10.9. The first-order chi connectivity index (χ1) is 9.11. The van der Waals surface area contributed by atoms with Crippen LogP contribution in [0.5, 0.6) is 0 Å². The van der Waals surface area contributed by atoms with Gasteiger partial charge >= 0.3 is 0 Å². The minimum atomic E-state index is -0.481. The average Bonchev–Trinajstić information content (AvgIpc) is 2.46. The molecule has 0 amide bonds. The van der Waals surface area contributed by atoms with E-state index in [1.807, 2.05) is 30.3 Å². The zero-order valence-electron chi connectivity index (χ0n) is 10.3. The number of para-hydroxylation sites is 1. The van der Waals surface area contributed by atoms with Gasteiger partial charge in [0, 0.05) is 12.7 Å². The van der Waals surface area contributed by atoms with Gasteiger partial charge in [-0.2, -0.15) is 0 Å². The molecular formula is C12H13N5O2. The Bertz CT molecular complexity index is 588. The number of hydrogen-bond acceptors (Lipinski definition) is 6. The molecule has 1 heterocycles. The van der Waals surface area contributed by atoms with Crippen molar-refractivity contribution in [1.82, 2.24) is 4.98 Å². The molecule has 0 unspecified atom stereocenters. The van der Waals surface area contributed by atoms with Gasteiger partial charge in [-0.05, 0) is 12.1 Å². The number of rotatable bonds is 4. The van der Waals surface area contributed by atoms with Crippen molar-refractivity contribution in [3.8, 4) is 0 Å². The van der Waals surface area contributed by atoms with E-state index in [4.69, 9.17) is 5.84 Å². The van der Waals surface area contributed by atoms with Crippen LogP contribution in [0.4, 0.5) is 23.0 Å². The van der Waals surface area contributed by atoms with Crippen molar-refractivity contribution in [1.29, 1.82) is 0 Å². The highest BCUT2D eigenvalue weighted by atomic mass is 16.6.